The van der Waals surface area contributed by atoms with Crippen molar-refractivity contribution in [2.75, 3.05) is 26.3 Å². The van der Waals surface area contributed by atoms with Gasteiger partial charge >= 0.3 is 0 Å². The highest BCUT2D eigenvalue weighted by Gasteiger charge is 2.37. The van der Waals surface area contributed by atoms with Gasteiger partial charge in [0.2, 0.25) is 5.91 Å². The van der Waals surface area contributed by atoms with Crippen LogP contribution < -0.4 is 0 Å². The molecule has 4 nitrogen and oxygen atoms in total. The molecule has 114 valence electrons. The van der Waals surface area contributed by atoms with Crippen LogP contribution in [0, 0.1) is 17.8 Å². The van der Waals surface area contributed by atoms with Crippen LogP contribution in [0.25, 0.3) is 0 Å². The molecule has 0 aromatic rings. The zero-order valence-electron chi connectivity index (χ0n) is 12.3. The van der Waals surface area contributed by atoms with E-state index in [4.69, 9.17) is 4.74 Å². The van der Waals surface area contributed by atoms with Crippen molar-refractivity contribution in [3.05, 3.63) is 0 Å². The number of fused-ring (bicyclic) bond motifs is 1. The molecule has 4 heteroatoms. The fraction of sp³-hybridized carbons (Fsp3) is 0.938. The van der Waals surface area contributed by atoms with E-state index >= 15 is 0 Å². The molecule has 3 fully saturated rings. The van der Waals surface area contributed by atoms with Crippen molar-refractivity contribution in [3.8, 4) is 0 Å². The first-order valence-corrected chi connectivity index (χ1v) is 8.29. The molecule has 0 bridgehead atoms. The van der Waals surface area contributed by atoms with Gasteiger partial charge in [-0.25, -0.2) is 0 Å². The summed E-state index contributed by atoms with van der Waals surface area (Å²) >= 11 is 0. The van der Waals surface area contributed by atoms with Crippen molar-refractivity contribution in [3.63, 3.8) is 0 Å². The number of rotatable bonds is 2. The largest absolute Gasteiger partial charge is 0.394 e. The Morgan fingerprint density at radius 3 is 2.75 bits per heavy atom. The summed E-state index contributed by atoms with van der Waals surface area (Å²) in [6, 6.07) is 0. The first kappa shape index (κ1) is 14.3. The minimum Gasteiger partial charge on any atom is -0.394 e. The molecule has 4 atom stereocenters. The second-order valence-corrected chi connectivity index (χ2v) is 6.77. The zero-order valence-corrected chi connectivity index (χ0v) is 12.3. The number of carbonyl (C=O) groups excluding carboxylic acids is 1. The minimum absolute atomic E-state index is 0.0130. The van der Waals surface area contributed by atoms with Gasteiger partial charge in [0, 0.05) is 19.0 Å². The van der Waals surface area contributed by atoms with Crippen molar-refractivity contribution >= 4 is 5.91 Å². The molecule has 4 unspecified atom stereocenters. The van der Waals surface area contributed by atoms with Gasteiger partial charge in [-0.15, -0.1) is 0 Å². The minimum atomic E-state index is -0.182. The smallest absolute Gasteiger partial charge is 0.225 e. The van der Waals surface area contributed by atoms with Crippen molar-refractivity contribution in [2.45, 2.75) is 51.0 Å². The SMILES string of the molecule is O=C(C1CCC2CCCCC2C1)N1CCOC(CO)C1. The number of hydrogen-bond acceptors (Lipinski definition) is 3. The number of amides is 1. The van der Waals surface area contributed by atoms with Crippen LogP contribution >= 0.6 is 0 Å². The maximum atomic E-state index is 12.7. The van der Waals surface area contributed by atoms with Gasteiger partial charge in [-0.05, 0) is 31.1 Å². The van der Waals surface area contributed by atoms with E-state index in [1.807, 2.05) is 4.90 Å². The van der Waals surface area contributed by atoms with E-state index in [2.05, 4.69) is 0 Å². The third-order valence-corrected chi connectivity index (χ3v) is 5.54. The number of hydrogen-bond donors (Lipinski definition) is 1. The predicted molar refractivity (Wildman–Crippen MR) is 76.2 cm³/mol. The molecule has 20 heavy (non-hydrogen) atoms. The lowest BCUT2D eigenvalue weighted by Gasteiger charge is -2.41. The Balaban J connectivity index is 1.57. The summed E-state index contributed by atoms with van der Waals surface area (Å²) in [4.78, 5) is 14.6. The molecular weight excluding hydrogens is 254 g/mol. The van der Waals surface area contributed by atoms with Gasteiger partial charge in [0.1, 0.15) is 0 Å². The van der Waals surface area contributed by atoms with Crippen LogP contribution in [0.5, 0.6) is 0 Å². The molecule has 3 rings (SSSR count). The fourth-order valence-corrected chi connectivity index (χ4v) is 4.39. The standard InChI is InChI=1S/C16H27NO3/c18-11-15-10-17(7-8-20-15)16(19)14-6-5-12-3-1-2-4-13(12)9-14/h12-15,18H,1-11H2. The maximum absolute atomic E-state index is 12.7. The molecule has 1 aliphatic heterocycles. The van der Waals surface area contributed by atoms with Crippen LogP contribution in [0.4, 0.5) is 0 Å². The first-order valence-electron chi connectivity index (χ1n) is 8.29. The Hall–Kier alpha value is -0.610. The topological polar surface area (TPSA) is 49.8 Å². The van der Waals surface area contributed by atoms with Gasteiger partial charge in [0.05, 0.1) is 19.3 Å². The lowest BCUT2D eigenvalue weighted by Crippen LogP contribution is -2.49. The average molecular weight is 281 g/mol. The van der Waals surface area contributed by atoms with Gasteiger partial charge in [-0.2, -0.15) is 0 Å². The zero-order chi connectivity index (χ0) is 13.9. The molecule has 2 saturated carbocycles. The fourth-order valence-electron chi connectivity index (χ4n) is 4.39. The molecule has 1 saturated heterocycles. The van der Waals surface area contributed by atoms with Gasteiger partial charge < -0.3 is 14.7 Å². The highest BCUT2D eigenvalue weighted by atomic mass is 16.5. The lowest BCUT2D eigenvalue weighted by molar-refractivity contribution is -0.146. The lowest BCUT2D eigenvalue weighted by atomic mass is 9.67. The highest BCUT2D eigenvalue weighted by Crippen LogP contribution is 2.43. The summed E-state index contributed by atoms with van der Waals surface area (Å²) in [5, 5.41) is 9.19. The Bertz CT molecular complexity index is 347. The van der Waals surface area contributed by atoms with E-state index in [9.17, 15) is 9.90 Å². The summed E-state index contributed by atoms with van der Waals surface area (Å²) in [7, 11) is 0. The number of carbonyl (C=O) groups is 1. The molecule has 1 amide bonds. The van der Waals surface area contributed by atoms with E-state index in [1.54, 1.807) is 0 Å². The van der Waals surface area contributed by atoms with Crippen LogP contribution in [0.3, 0.4) is 0 Å². The van der Waals surface area contributed by atoms with Crippen LogP contribution in [0.1, 0.15) is 44.9 Å². The monoisotopic (exact) mass is 281 g/mol. The summed E-state index contributed by atoms with van der Waals surface area (Å²) < 4.78 is 5.44. The molecule has 3 aliphatic rings. The van der Waals surface area contributed by atoms with Gasteiger partial charge in [-0.1, -0.05) is 25.7 Å². The van der Waals surface area contributed by atoms with E-state index in [1.165, 1.54) is 32.1 Å². The molecule has 2 aliphatic carbocycles. The second-order valence-electron chi connectivity index (χ2n) is 6.77. The van der Waals surface area contributed by atoms with Crippen molar-refractivity contribution < 1.29 is 14.6 Å². The molecule has 1 N–H and O–H groups in total. The normalized spacial score (nSPS) is 38.4. The Morgan fingerprint density at radius 2 is 1.95 bits per heavy atom. The molecule has 0 aromatic heterocycles. The van der Waals surface area contributed by atoms with Crippen LogP contribution in [0.15, 0.2) is 0 Å². The number of aliphatic hydroxyl groups is 1. The summed E-state index contributed by atoms with van der Waals surface area (Å²) in [5.41, 5.74) is 0. The van der Waals surface area contributed by atoms with Crippen LogP contribution in [-0.2, 0) is 9.53 Å². The van der Waals surface area contributed by atoms with Crippen LogP contribution in [-0.4, -0.2) is 48.3 Å². The predicted octanol–water partition coefficient (Wildman–Crippen LogP) is 1.81. The number of aliphatic hydroxyl groups excluding tert-OH is 1. The van der Waals surface area contributed by atoms with E-state index < -0.39 is 0 Å². The average Bonchev–Trinajstić information content (AvgIpc) is 2.53. The summed E-state index contributed by atoms with van der Waals surface area (Å²) in [5.74, 6) is 2.23. The van der Waals surface area contributed by atoms with Crippen LogP contribution in [0.2, 0.25) is 0 Å². The molecule has 0 aromatic carbocycles. The second kappa shape index (κ2) is 6.44. The van der Waals surface area contributed by atoms with Crippen molar-refractivity contribution in [1.29, 1.82) is 0 Å². The van der Waals surface area contributed by atoms with Crippen molar-refractivity contribution in [2.24, 2.45) is 17.8 Å². The molecule has 0 spiro atoms. The number of nitrogens with zero attached hydrogens (tertiary/aromatic N) is 1. The Morgan fingerprint density at radius 1 is 1.15 bits per heavy atom. The van der Waals surface area contributed by atoms with E-state index in [0.29, 0.717) is 25.6 Å². The molecular formula is C16H27NO3. The maximum Gasteiger partial charge on any atom is 0.225 e. The van der Waals surface area contributed by atoms with Gasteiger partial charge in [0.15, 0.2) is 0 Å². The Labute approximate surface area is 121 Å². The summed E-state index contributed by atoms with van der Waals surface area (Å²) in [6.45, 7) is 1.84. The first-order chi connectivity index (χ1) is 9.78. The number of morpholine rings is 1. The number of ether oxygens (including phenoxy) is 1. The summed E-state index contributed by atoms with van der Waals surface area (Å²) in [6.07, 6.45) is 8.69. The Kier molecular flexibility index (Phi) is 4.61. The van der Waals surface area contributed by atoms with E-state index in [-0.39, 0.29) is 18.6 Å². The van der Waals surface area contributed by atoms with Crippen molar-refractivity contribution in [1.82, 2.24) is 4.90 Å². The molecule has 1 heterocycles. The quantitative estimate of drug-likeness (QED) is 0.840. The van der Waals surface area contributed by atoms with E-state index in [0.717, 1.165) is 24.7 Å². The van der Waals surface area contributed by atoms with Gasteiger partial charge in [-0.3, -0.25) is 4.79 Å². The third kappa shape index (κ3) is 3.01. The highest BCUT2D eigenvalue weighted by molar-refractivity contribution is 5.79. The third-order valence-electron chi connectivity index (χ3n) is 5.54. The van der Waals surface area contributed by atoms with Gasteiger partial charge in [0.25, 0.3) is 0 Å². The molecule has 0 radical (unpaired) electrons.